The predicted molar refractivity (Wildman–Crippen MR) is 77.1 cm³/mol. The third kappa shape index (κ3) is 8.52. The molecule has 16 heavy (non-hydrogen) atoms. The fourth-order valence-electron chi connectivity index (χ4n) is 1.45. The minimum absolute atomic E-state index is 1.21. The summed E-state index contributed by atoms with van der Waals surface area (Å²) < 4.78 is 0. The van der Waals surface area contributed by atoms with E-state index in [2.05, 4.69) is 38.1 Å². The molecule has 0 bridgehead atoms. The molecule has 0 unspecified atom stereocenters. The van der Waals surface area contributed by atoms with Crippen molar-refractivity contribution in [1.29, 1.82) is 0 Å². The Balaban J connectivity index is 0. The molecule has 0 aromatic heterocycles. The van der Waals surface area contributed by atoms with E-state index >= 15 is 0 Å². The first-order chi connectivity index (χ1) is 7.86. The highest BCUT2D eigenvalue weighted by Crippen LogP contribution is 2.07. The van der Waals surface area contributed by atoms with Gasteiger partial charge in [0, 0.05) is 0 Å². The van der Waals surface area contributed by atoms with Gasteiger partial charge in [0.05, 0.1) is 0 Å². The first kappa shape index (κ1) is 17.6. The second-order valence-corrected chi connectivity index (χ2v) is 3.32. The molecule has 0 N–H and O–H groups in total. The van der Waals surface area contributed by atoms with Crippen molar-refractivity contribution in [3.05, 3.63) is 35.4 Å². The summed E-state index contributed by atoms with van der Waals surface area (Å²) in [5.74, 6) is 0. The van der Waals surface area contributed by atoms with E-state index in [0.717, 1.165) is 0 Å². The molecule has 94 valence electrons. The van der Waals surface area contributed by atoms with Crippen LogP contribution < -0.4 is 0 Å². The molecule has 0 saturated carbocycles. The maximum absolute atomic E-state index is 2.26. The van der Waals surface area contributed by atoms with E-state index in [1.165, 1.54) is 36.8 Å². The maximum atomic E-state index is 2.26. The highest BCUT2D eigenvalue weighted by Gasteiger charge is 1.92. The minimum Gasteiger partial charge on any atom is -0.0683 e. The van der Waals surface area contributed by atoms with Crippen molar-refractivity contribution in [1.82, 2.24) is 0 Å². The Labute approximate surface area is 103 Å². The lowest BCUT2D eigenvalue weighted by atomic mass is 10.1. The van der Waals surface area contributed by atoms with Crippen LogP contribution in [0.15, 0.2) is 24.3 Å². The van der Waals surface area contributed by atoms with Gasteiger partial charge in [0.2, 0.25) is 0 Å². The summed E-state index contributed by atoms with van der Waals surface area (Å²) in [6.45, 7) is 12.4. The highest BCUT2D eigenvalue weighted by molar-refractivity contribution is 5.22. The molecular formula is C16H30. The summed E-state index contributed by atoms with van der Waals surface area (Å²) >= 11 is 0. The van der Waals surface area contributed by atoms with Gasteiger partial charge in [-0.3, -0.25) is 0 Å². The summed E-state index contributed by atoms with van der Waals surface area (Å²) in [6, 6.07) is 9.03. The van der Waals surface area contributed by atoms with Crippen LogP contribution in [0.25, 0.3) is 0 Å². The molecule has 0 aliphatic carbocycles. The Kier molecular flexibility index (Phi) is 15.7. The third-order valence-corrected chi connectivity index (χ3v) is 2.10. The normalized spacial score (nSPS) is 8.38. The molecule has 0 aliphatic rings. The second-order valence-electron chi connectivity index (χ2n) is 3.32. The van der Waals surface area contributed by atoms with Gasteiger partial charge in [-0.15, -0.1) is 0 Å². The van der Waals surface area contributed by atoms with Crippen LogP contribution in [0.5, 0.6) is 0 Å². The average Bonchev–Trinajstić information content (AvgIpc) is 2.37. The van der Waals surface area contributed by atoms with Gasteiger partial charge in [-0.05, 0) is 24.0 Å². The zero-order valence-electron chi connectivity index (χ0n) is 12.1. The largest absolute Gasteiger partial charge is 0.0683 e. The molecule has 0 atom stereocenters. The van der Waals surface area contributed by atoms with Crippen LogP contribution in [0.3, 0.4) is 0 Å². The van der Waals surface area contributed by atoms with E-state index in [9.17, 15) is 0 Å². The number of aryl methyl sites for hydroxylation is 2. The molecule has 0 aliphatic heterocycles. The lowest BCUT2D eigenvalue weighted by molar-refractivity contribution is 0.904. The fourth-order valence-corrected chi connectivity index (χ4v) is 1.45. The molecule has 0 heterocycles. The first-order valence-corrected chi connectivity index (χ1v) is 6.94. The molecule has 0 spiro atoms. The van der Waals surface area contributed by atoms with Crippen LogP contribution in [0.4, 0.5) is 0 Å². The van der Waals surface area contributed by atoms with Crippen molar-refractivity contribution in [2.45, 2.75) is 67.2 Å². The summed E-state index contributed by atoms with van der Waals surface area (Å²) in [5.41, 5.74) is 2.94. The first-order valence-electron chi connectivity index (χ1n) is 6.94. The van der Waals surface area contributed by atoms with Crippen molar-refractivity contribution < 1.29 is 0 Å². The standard InChI is InChI=1S/C12H18.2C2H6/c1-3-5-11-7-9-12(6-4-2)10-8-11;2*1-2/h7-10H,3-6H2,1-2H3;2*1-2H3. The van der Waals surface area contributed by atoms with Crippen molar-refractivity contribution in [3.8, 4) is 0 Å². The van der Waals surface area contributed by atoms with Gasteiger partial charge in [0.15, 0.2) is 0 Å². The summed E-state index contributed by atoms with van der Waals surface area (Å²) in [6.07, 6.45) is 4.92. The Morgan fingerprint density at radius 3 is 1.06 bits per heavy atom. The van der Waals surface area contributed by atoms with E-state index in [0.29, 0.717) is 0 Å². The minimum atomic E-state index is 1.21. The quantitative estimate of drug-likeness (QED) is 0.618. The van der Waals surface area contributed by atoms with Gasteiger partial charge in [-0.2, -0.15) is 0 Å². The van der Waals surface area contributed by atoms with Crippen LogP contribution in [0.1, 0.15) is 65.5 Å². The molecule has 0 heteroatoms. The molecule has 0 radical (unpaired) electrons. The van der Waals surface area contributed by atoms with Crippen molar-refractivity contribution in [2.24, 2.45) is 0 Å². The summed E-state index contributed by atoms with van der Waals surface area (Å²) in [5, 5.41) is 0. The summed E-state index contributed by atoms with van der Waals surface area (Å²) in [4.78, 5) is 0. The van der Waals surface area contributed by atoms with E-state index in [4.69, 9.17) is 0 Å². The monoisotopic (exact) mass is 222 g/mol. The topological polar surface area (TPSA) is 0 Å². The number of rotatable bonds is 4. The number of benzene rings is 1. The zero-order chi connectivity index (χ0) is 12.8. The molecule has 1 rings (SSSR count). The average molecular weight is 222 g/mol. The Bertz CT molecular complexity index is 183. The van der Waals surface area contributed by atoms with Crippen LogP contribution in [-0.4, -0.2) is 0 Å². The van der Waals surface area contributed by atoms with Gasteiger partial charge in [0.1, 0.15) is 0 Å². The molecule has 1 aromatic rings. The molecule has 1 aromatic carbocycles. The van der Waals surface area contributed by atoms with Crippen LogP contribution >= 0.6 is 0 Å². The zero-order valence-corrected chi connectivity index (χ0v) is 12.1. The molecule has 0 nitrogen and oxygen atoms in total. The number of hydrogen-bond donors (Lipinski definition) is 0. The Hall–Kier alpha value is -0.780. The second kappa shape index (κ2) is 14.2. The van der Waals surface area contributed by atoms with Gasteiger partial charge in [0.25, 0.3) is 0 Å². The lowest BCUT2D eigenvalue weighted by Crippen LogP contribution is -1.85. The molecule has 0 amide bonds. The van der Waals surface area contributed by atoms with Gasteiger partial charge in [-0.25, -0.2) is 0 Å². The van der Waals surface area contributed by atoms with Crippen molar-refractivity contribution in [3.63, 3.8) is 0 Å². The van der Waals surface area contributed by atoms with E-state index in [-0.39, 0.29) is 0 Å². The van der Waals surface area contributed by atoms with Crippen LogP contribution in [0.2, 0.25) is 0 Å². The molecular weight excluding hydrogens is 192 g/mol. The van der Waals surface area contributed by atoms with Crippen LogP contribution in [0, 0.1) is 0 Å². The number of hydrogen-bond acceptors (Lipinski definition) is 0. The predicted octanol–water partition coefficient (Wildman–Crippen LogP) is 5.64. The van der Waals surface area contributed by atoms with Crippen molar-refractivity contribution >= 4 is 0 Å². The van der Waals surface area contributed by atoms with Gasteiger partial charge < -0.3 is 0 Å². The van der Waals surface area contributed by atoms with E-state index in [1.54, 1.807) is 0 Å². The Morgan fingerprint density at radius 1 is 0.625 bits per heavy atom. The lowest BCUT2D eigenvalue weighted by Gasteiger charge is -2.01. The Morgan fingerprint density at radius 2 is 0.875 bits per heavy atom. The molecule has 0 fully saturated rings. The van der Waals surface area contributed by atoms with Gasteiger partial charge in [-0.1, -0.05) is 78.6 Å². The maximum Gasteiger partial charge on any atom is -0.0281 e. The molecule has 0 saturated heterocycles. The fraction of sp³-hybridized carbons (Fsp3) is 0.625. The summed E-state index contributed by atoms with van der Waals surface area (Å²) in [7, 11) is 0. The van der Waals surface area contributed by atoms with Gasteiger partial charge >= 0.3 is 0 Å². The van der Waals surface area contributed by atoms with Crippen LogP contribution in [-0.2, 0) is 12.8 Å². The smallest absolute Gasteiger partial charge is 0.0281 e. The van der Waals surface area contributed by atoms with E-state index in [1.807, 2.05) is 27.7 Å². The third-order valence-electron chi connectivity index (χ3n) is 2.10. The van der Waals surface area contributed by atoms with Crippen molar-refractivity contribution in [2.75, 3.05) is 0 Å². The SMILES string of the molecule is CC.CC.CCCc1ccc(CCC)cc1. The van der Waals surface area contributed by atoms with E-state index < -0.39 is 0 Å². The highest BCUT2D eigenvalue weighted by atomic mass is 14.0.